The van der Waals surface area contributed by atoms with Crippen molar-refractivity contribution in [2.24, 2.45) is 4.99 Å². The molecular formula is C23H23N3O5. The van der Waals surface area contributed by atoms with Gasteiger partial charge >= 0.3 is 11.7 Å². The lowest BCUT2D eigenvalue weighted by Crippen LogP contribution is -2.31. The van der Waals surface area contributed by atoms with Gasteiger partial charge in [0.1, 0.15) is 5.56 Å². The monoisotopic (exact) mass is 421 g/mol. The molecule has 1 aliphatic heterocycles. The Labute approximate surface area is 178 Å². The average molecular weight is 421 g/mol. The highest BCUT2D eigenvalue weighted by atomic mass is 16.5. The van der Waals surface area contributed by atoms with Crippen molar-refractivity contribution in [1.82, 2.24) is 9.55 Å². The van der Waals surface area contributed by atoms with E-state index in [1.807, 2.05) is 0 Å². The molecule has 1 aliphatic carbocycles. The molecule has 0 atom stereocenters. The molecule has 4 rings (SSSR count). The van der Waals surface area contributed by atoms with Gasteiger partial charge in [0.05, 0.1) is 12.8 Å². The average Bonchev–Trinajstić information content (AvgIpc) is 3.15. The standard InChI is InChI=1S/C23H23N3O5/c1-31-22(29)19-16(15-9-5-6-10-18(15)24-19)13-17-20(27)25-23(30)26(21(17)28)12-11-14-7-3-2-4-8-14/h5-7,9-10,13,28H,2-4,8,11-12H2,1H3,(H,25,27,30). The molecule has 2 aromatic rings. The summed E-state index contributed by atoms with van der Waals surface area (Å²) >= 11 is 0. The molecular weight excluding hydrogens is 398 g/mol. The number of aliphatic imine (C=N–C) groups is 1. The van der Waals surface area contributed by atoms with Crippen LogP contribution in [0.25, 0.3) is 11.6 Å². The lowest BCUT2D eigenvalue weighted by molar-refractivity contribution is -0.132. The van der Waals surface area contributed by atoms with Gasteiger partial charge in [-0.2, -0.15) is 0 Å². The zero-order valence-corrected chi connectivity index (χ0v) is 17.2. The third-order valence-corrected chi connectivity index (χ3v) is 5.60. The van der Waals surface area contributed by atoms with Crippen LogP contribution >= 0.6 is 0 Å². The fraction of sp³-hybridized carbons (Fsp3) is 0.304. The largest absolute Gasteiger partial charge is 0.494 e. The van der Waals surface area contributed by atoms with Crippen molar-refractivity contribution in [2.75, 3.05) is 7.11 Å². The summed E-state index contributed by atoms with van der Waals surface area (Å²) in [6.45, 7) is 0.248. The van der Waals surface area contributed by atoms with Crippen LogP contribution in [-0.4, -0.2) is 33.4 Å². The maximum absolute atomic E-state index is 12.5. The second-order valence-electron chi connectivity index (χ2n) is 7.53. The Balaban J connectivity index is 1.77. The minimum atomic E-state index is -0.739. The molecule has 0 saturated heterocycles. The number of nitrogens with one attached hydrogen (secondary N) is 1. The molecule has 0 amide bonds. The number of allylic oxidation sites excluding steroid dienone is 2. The van der Waals surface area contributed by atoms with Gasteiger partial charge in [-0.1, -0.05) is 29.8 Å². The van der Waals surface area contributed by atoms with Gasteiger partial charge in [-0.3, -0.25) is 14.3 Å². The number of aromatic nitrogens is 2. The van der Waals surface area contributed by atoms with E-state index in [1.165, 1.54) is 18.8 Å². The summed E-state index contributed by atoms with van der Waals surface area (Å²) < 4.78 is 5.97. The highest BCUT2D eigenvalue weighted by Gasteiger charge is 2.28. The number of rotatable bonds is 5. The third kappa shape index (κ3) is 4.01. The summed E-state index contributed by atoms with van der Waals surface area (Å²) in [5.74, 6) is -1.10. The number of carbonyl (C=O) groups is 1. The number of ether oxygens (including phenoxy) is 1. The van der Waals surface area contributed by atoms with Gasteiger partial charge in [-0.05, 0) is 44.2 Å². The van der Waals surface area contributed by atoms with E-state index in [0.29, 0.717) is 23.2 Å². The van der Waals surface area contributed by atoms with Gasteiger partial charge in [0, 0.05) is 17.7 Å². The molecule has 160 valence electrons. The summed E-state index contributed by atoms with van der Waals surface area (Å²) in [5, 5.41) is 10.8. The molecule has 2 N–H and O–H groups in total. The minimum absolute atomic E-state index is 0.0348. The van der Waals surface area contributed by atoms with Crippen LogP contribution in [0.4, 0.5) is 5.69 Å². The van der Waals surface area contributed by atoms with Gasteiger partial charge in [-0.25, -0.2) is 14.6 Å². The Hall–Kier alpha value is -3.68. The summed E-state index contributed by atoms with van der Waals surface area (Å²) in [7, 11) is 1.25. The van der Waals surface area contributed by atoms with E-state index in [9.17, 15) is 19.5 Å². The van der Waals surface area contributed by atoms with Crippen molar-refractivity contribution in [3.05, 3.63) is 67.9 Å². The number of carbonyl (C=O) groups excluding carboxylic acids is 1. The summed E-state index contributed by atoms with van der Waals surface area (Å²) in [6, 6.07) is 7.06. The second-order valence-corrected chi connectivity index (χ2v) is 7.53. The molecule has 0 spiro atoms. The van der Waals surface area contributed by atoms with Crippen molar-refractivity contribution in [1.29, 1.82) is 0 Å². The first-order valence-corrected chi connectivity index (χ1v) is 10.2. The molecule has 0 saturated carbocycles. The number of hydrogen-bond donors (Lipinski definition) is 2. The first kappa shape index (κ1) is 20.6. The quantitative estimate of drug-likeness (QED) is 0.569. The van der Waals surface area contributed by atoms with E-state index in [2.05, 4.69) is 16.1 Å². The van der Waals surface area contributed by atoms with Gasteiger partial charge in [-0.15, -0.1) is 0 Å². The smallest absolute Gasteiger partial charge is 0.357 e. The SMILES string of the molecule is COC(=O)C1=Nc2ccccc2C1=Cc1c(O)n(CCC2=CCCCC2)c(=O)[nH]c1=O. The number of aromatic hydroxyl groups is 1. The predicted molar refractivity (Wildman–Crippen MR) is 118 cm³/mol. The van der Waals surface area contributed by atoms with Crippen LogP contribution in [0.5, 0.6) is 5.88 Å². The van der Waals surface area contributed by atoms with Crippen molar-refractivity contribution >= 4 is 29.0 Å². The Morgan fingerprint density at radius 1 is 1.29 bits per heavy atom. The van der Waals surface area contributed by atoms with Crippen molar-refractivity contribution in [3.63, 3.8) is 0 Å². The van der Waals surface area contributed by atoms with E-state index in [0.717, 1.165) is 30.3 Å². The number of hydrogen-bond acceptors (Lipinski definition) is 6. The first-order chi connectivity index (χ1) is 15.0. The lowest BCUT2D eigenvalue weighted by Gasteiger charge is -2.15. The Morgan fingerprint density at radius 2 is 2.10 bits per heavy atom. The van der Waals surface area contributed by atoms with Gasteiger partial charge in [0.15, 0.2) is 5.71 Å². The van der Waals surface area contributed by atoms with E-state index in [4.69, 9.17) is 4.74 Å². The van der Waals surface area contributed by atoms with Gasteiger partial charge < -0.3 is 9.84 Å². The van der Waals surface area contributed by atoms with Crippen LogP contribution < -0.4 is 11.2 Å². The maximum atomic E-state index is 12.5. The van der Waals surface area contributed by atoms with Crippen molar-refractivity contribution < 1.29 is 14.6 Å². The minimum Gasteiger partial charge on any atom is -0.494 e. The number of benzene rings is 1. The zero-order chi connectivity index (χ0) is 22.0. The van der Waals surface area contributed by atoms with Crippen LogP contribution in [0.15, 0.2) is 50.5 Å². The Bertz CT molecular complexity index is 1250. The zero-order valence-electron chi connectivity index (χ0n) is 17.2. The van der Waals surface area contributed by atoms with Crippen LogP contribution in [0.3, 0.4) is 0 Å². The summed E-state index contributed by atoms with van der Waals surface area (Å²) in [6.07, 6.45) is 8.45. The Morgan fingerprint density at radius 3 is 2.84 bits per heavy atom. The molecule has 31 heavy (non-hydrogen) atoms. The van der Waals surface area contributed by atoms with E-state index < -0.39 is 23.1 Å². The molecule has 0 fully saturated rings. The van der Waals surface area contributed by atoms with Crippen molar-refractivity contribution in [3.8, 4) is 5.88 Å². The molecule has 1 aromatic carbocycles. The van der Waals surface area contributed by atoms with Gasteiger partial charge in [0.25, 0.3) is 5.56 Å². The number of aromatic amines is 1. The fourth-order valence-corrected chi connectivity index (χ4v) is 3.95. The first-order valence-electron chi connectivity index (χ1n) is 10.2. The van der Waals surface area contributed by atoms with Crippen LogP contribution in [-0.2, 0) is 16.1 Å². The molecule has 0 bridgehead atoms. The fourth-order valence-electron chi connectivity index (χ4n) is 3.95. The number of para-hydroxylation sites is 1. The number of nitrogens with zero attached hydrogens (tertiary/aromatic N) is 2. The topological polar surface area (TPSA) is 114 Å². The van der Waals surface area contributed by atoms with Crippen LogP contribution in [0.1, 0.15) is 43.2 Å². The molecule has 2 heterocycles. The van der Waals surface area contributed by atoms with E-state index >= 15 is 0 Å². The van der Waals surface area contributed by atoms with Gasteiger partial charge in [0.2, 0.25) is 5.88 Å². The predicted octanol–water partition coefficient (Wildman–Crippen LogP) is 2.93. The van der Waals surface area contributed by atoms with E-state index in [1.54, 1.807) is 24.3 Å². The third-order valence-electron chi connectivity index (χ3n) is 5.60. The number of methoxy groups -OCH3 is 1. The normalized spacial score (nSPS) is 16.6. The van der Waals surface area contributed by atoms with Crippen LogP contribution in [0.2, 0.25) is 0 Å². The molecule has 1 aromatic heterocycles. The molecule has 0 radical (unpaired) electrons. The number of esters is 1. The number of fused-ring (bicyclic) bond motifs is 1. The van der Waals surface area contributed by atoms with Crippen molar-refractivity contribution in [2.45, 2.75) is 38.6 Å². The molecule has 8 nitrogen and oxygen atoms in total. The molecule has 2 aliphatic rings. The molecule has 0 unspecified atom stereocenters. The maximum Gasteiger partial charge on any atom is 0.357 e. The Kier molecular flexibility index (Phi) is 5.70. The van der Waals surface area contributed by atoms with E-state index in [-0.39, 0.29) is 17.8 Å². The summed E-state index contributed by atoms with van der Waals surface area (Å²) in [4.78, 5) is 43.7. The van der Waals surface area contributed by atoms with Crippen LogP contribution in [0, 0.1) is 0 Å². The highest BCUT2D eigenvalue weighted by Crippen LogP contribution is 2.36. The molecule has 8 heteroatoms. The summed E-state index contributed by atoms with van der Waals surface area (Å²) in [5.41, 5.74) is 1.30. The highest BCUT2D eigenvalue weighted by molar-refractivity contribution is 6.58. The lowest BCUT2D eigenvalue weighted by atomic mass is 9.97. The number of H-pyrrole nitrogens is 1. The second kappa shape index (κ2) is 8.59.